The number of rotatable bonds is 4. The molecule has 0 bridgehead atoms. The summed E-state index contributed by atoms with van der Waals surface area (Å²) in [4.78, 5) is 11.5. The van der Waals surface area contributed by atoms with Gasteiger partial charge in [0.1, 0.15) is 0 Å². The number of carbonyl (C=O) groups is 1. The van der Waals surface area contributed by atoms with Crippen LogP contribution in [0.5, 0.6) is 0 Å². The van der Waals surface area contributed by atoms with Crippen LogP contribution in [0.2, 0.25) is 0 Å². The third-order valence-corrected chi connectivity index (χ3v) is 2.02. The maximum Gasteiger partial charge on any atom is 0.287 e. The van der Waals surface area contributed by atoms with E-state index in [4.69, 9.17) is 9.15 Å². The molecule has 1 aromatic heterocycles. The van der Waals surface area contributed by atoms with Crippen molar-refractivity contribution in [3.05, 3.63) is 22.6 Å². The molecule has 1 heterocycles. The lowest BCUT2D eigenvalue weighted by Gasteiger charge is -2.10. The number of halogens is 1. The molecule has 14 heavy (non-hydrogen) atoms. The second kappa shape index (κ2) is 5.17. The van der Waals surface area contributed by atoms with Crippen molar-refractivity contribution in [2.75, 3.05) is 13.7 Å². The summed E-state index contributed by atoms with van der Waals surface area (Å²) in [5, 5.41) is 2.73. The molecule has 0 saturated carbocycles. The largest absolute Gasteiger partial charge is 0.444 e. The number of nitrogens with one attached hydrogen (secondary N) is 1. The van der Waals surface area contributed by atoms with Crippen molar-refractivity contribution >= 4 is 21.8 Å². The van der Waals surface area contributed by atoms with Gasteiger partial charge in [-0.05, 0) is 35.0 Å². The molecule has 0 aliphatic rings. The lowest BCUT2D eigenvalue weighted by molar-refractivity contribution is 0.0877. The molecule has 0 saturated heterocycles. The molecule has 0 fully saturated rings. The van der Waals surface area contributed by atoms with Gasteiger partial charge < -0.3 is 14.5 Å². The van der Waals surface area contributed by atoms with Crippen molar-refractivity contribution in [3.8, 4) is 0 Å². The summed E-state index contributed by atoms with van der Waals surface area (Å²) in [6.07, 6.45) is 0. The van der Waals surface area contributed by atoms with E-state index in [9.17, 15) is 4.79 Å². The lowest BCUT2D eigenvalue weighted by atomic mass is 10.3. The Morgan fingerprint density at radius 1 is 1.71 bits per heavy atom. The lowest BCUT2D eigenvalue weighted by Crippen LogP contribution is -2.35. The molecule has 1 amide bonds. The zero-order chi connectivity index (χ0) is 10.6. The average Bonchev–Trinajstić information content (AvgIpc) is 2.52. The molecular weight excluding hydrogens is 250 g/mol. The first-order valence-electron chi connectivity index (χ1n) is 4.18. The van der Waals surface area contributed by atoms with Gasteiger partial charge in [0.25, 0.3) is 5.91 Å². The van der Waals surface area contributed by atoms with Crippen molar-refractivity contribution in [3.63, 3.8) is 0 Å². The van der Waals surface area contributed by atoms with E-state index in [0.29, 0.717) is 17.0 Å². The van der Waals surface area contributed by atoms with Gasteiger partial charge in [-0.25, -0.2) is 0 Å². The normalized spacial score (nSPS) is 12.5. The Kier molecular flexibility index (Phi) is 4.16. The monoisotopic (exact) mass is 261 g/mol. The molecule has 0 spiro atoms. The van der Waals surface area contributed by atoms with Crippen LogP contribution in [-0.4, -0.2) is 25.7 Å². The Morgan fingerprint density at radius 3 is 2.93 bits per heavy atom. The molecule has 1 aromatic rings. The van der Waals surface area contributed by atoms with Crippen LogP contribution >= 0.6 is 15.9 Å². The van der Waals surface area contributed by atoms with E-state index in [1.165, 1.54) is 0 Å². The summed E-state index contributed by atoms with van der Waals surface area (Å²) >= 11 is 3.13. The molecule has 1 N–H and O–H groups in total. The average molecular weight is 262 g/mol. The second-order valence-corrected chi connectivity index (χ2v) is 3.72. The maximum absolute atomic E-state index is 11.5. The van der Waals surface area contributed by atoms with Crippen molar-refractivity contribution in [2.45, 2.75) is 13.0 Å². The highest BCUT2D eigenvalue weighted by Crippen LogP contribution is 2.13. The van der Waals surface area contributed by atoms with Gasteiger partial charge in [-0.2, -0.15) is 0 Å². The predicted molar refractivity (Wildman–Crippen MR) is 55.2 cm³/mol. The standard InChI is InChI=1S/C9H12BrNO3/c1-6(5-13-2)11-9(12)7-3-4-8(10)14-7/h3-4,6H,5H2,1-2H3,(H,11,12). The molecule has 0 aliphatic heterocycles. The fraction of sp³-hybridized carbons (Fsp3) is 0.444. The van der Waals surface area contributed by atoms with Gasteiger partial charge in [0, 0.05) is 13.2 Å². The van der Waals surface area contributed by atoms with E-state index in [0.717, 1.165) is 0 Å². The van der Waals surface area contributed by atoms with Gasteiger partial charge in [-0.15, -0.1) is 0 Å². The number of amides is 1. The van der Waals surface area contributed by atoms with Crippen LogP contribution in [0, 0.1) is 0 Å². The van der Waals surface area contributed by atoms with E-state index in [-0.39, 0.29) is 11.9 Å². The van der Waals surface area contributed by atoms with Crippen LogP contribution in [-0.2, 0) is 4.74 Å². The minimum absolute atomic E-state index is 0.0311. The van der Waals surface area contributed by atoms with Crippen LogP contribution in [0.15, 0.2) is 21.2 Å². The molecule has 1 atom stereocenters. The number of ether oxygens (including phenoxy) is 1. The van der Waals surface area contributed by atoms with E-state index < -0.39 is 0 Å². The second-order valence-electron chi connectivity index (χ2n) is 2.93. The van der Waals surface area contributed by atoms with Crippen molar-refractivity contribution in [1.82, 2.24) is 5.32 Å². The third-order valence-electron chi connectivity index (χ3n) is 1.59. The van der Waals surface area contributed by atoms with Crippen LogP contribution < -0.4 is 5.32 Å². The number of hydrogen-bond acceptors (Lipinski definition) is 3. The highest BCUT2D eigenvalue weighted by molar-refractivity contribution is 9.10. The quantitative estimate of drug-likeness (QED) is 0.900. The first kappa shape index (κ1) is 11.3. The van der Waals surface area contributed by atoms with Gasteiger partial charge in [0.2, 0.25) is 0 Å². The van der Waals surface area contributed by atoms with Crippen molar-refractivity contribution in [2.24, 2.45) is 0 Å². The highest BCUT2D eigenvalue weighted by atomic mass is 79.9. The highest BCUT2D eigenvalue weighted by Gasteiger charge is 2.12. The van der Waals surface area contributed by atoms with Crippen LogP contribution in [0.25, 0.3) is 0 Å². The minimum Gasteiger partial charge on any atom is -0.444 e. The van der Waals surface area contributed by atoms with Gasteiger partial charge in [-0.3, -0.25) is 4.79 Å². The summed E-state index contributed by atoms with van der Waals surface area (Å²) in [5.41, 5.74) is 0. The van der Waals surface area contributed by atoms with Crippen LogP contribution in [0.4, 0.5) is 0 Å². The third kappa shape index (κ3) is 3.16. The fourth-order valence-corrected chi connectivity index (χ4v) is 1.33. The fourth-order valence-electron chi connectivity index (χ4n) is 1.02. The summed E-state index contributed by atoms with van der Waals surface area (Å²) in [6, 6.07) is 3.26. The maximum atomic E-state index is 11.5. The first-order chi connectivity index (χ1) is 6.63. The Labute approximate surface area is 90.7 Å². The summed E-state index contributed by atoms with van der Waals surface area (Å²) in [5.74, 6) is 0.0556. The van der Waals surface area contributed by atoms with E-state index in [2.05, 4.69) is 21.2 Å². The van der Waals surface area contributed by atoms with Crippen LogP contribution in [0.1, 0.15) is 17.5 Å². The number of hydrogen-bond donors (Lipinski definition) is 1. The van der Waals surface area contributed by atoms with Gasteiger partial charge >= 0.3 is 0 Å². The molecule has 0 aliphatic carbocycles. The van der Waals surface area contributed by atoms with Crippen LogP contribution in [0.3, 0.4) is 0 Å². The van der Waals surface area contributed by atoms with E-state index >= 15 is 0 Å². The molecule has 1 unspecified atom stereocenters. The topological polar surface area (TPSA) is 51.5 Å². The number of carbonyl (C=O) groups excluding carboxylic acids is 1. The molecule has 0 aromatic carbocycles. The van der Waals surface area contributed by atoms with Gasteiger partial charge in [0.05, 0.1) is 6.61 Å². The Bertz CT molecular complexity index is 311. The Morgan fingerprint density at radius 2 is 2.43 bits per heavy atom. The molecule has 4 nitrogen and oxygen atoms in total. The Hall–Kier alpha value is -0.810. The first-order valence-corrected chi connectivity index (χ1v) is 4.98. The van der Waals surface area contributed by atoms with E-state index in [1.54, 1.807) is 19.2 Å². The molecule has 5 heteroatoms. The molecular formula is C9H12BrNO3. The zero-order valence-corrected chi connectivity index (χ0v) is 9.63. The van der Waals surface area contributed by atoms with Gasteiger partial charge in [0.15, 0.2) is 10.4 Å². The van der Waals surface area contributed by atoms with E-state index in [1.807, 2.05) is 6.92 Å². The van der Waals surface area contributed by atoms with Gasteiger partial charge in [-0.1, -0.05) is 0 Å². The molecule has 78 valence electrons. The zero-order valence-electron chi connectivity index (χ0n) is 8.04. The van der Waals surface area contributed by atoms with Crippen molar-refractivity contribution in [1.29, 1.82) is 0 Å². The SMILES string of the molecule is COCC(C)NC(=O)c1ccc(Br)o1. The molecule has 1 rings (SSSR count). The summed E-state index contributed by atoms with van der Waals surface area (Å²) in [7, 11) is 1.59. The molecule has 0 radical (unpaired) electrons. The summed E-state index contributed by atoms with van der Waals surface area (Å²) < 4.78 is 10.5. The summed E-state index contributed by atoms with van der Waals surface area (Å²) in [6.45, 7) is 2.34. The Balaban J connectivity index is 2.50. The smallest absolute Gasteiger partial charge is 0.287 e. The minimum atomic E-state index is -0.236. The van der Waals surface area contributed by atoms with Crippen molar-refractivity contribution < 1.29 is 13.9 Å². The number of furan rings is 1. The number of methoxy groups -OCH3 is 1. The predicted octanol–water partition coefficient (Wildman–Crippen LogP) is 1.81.